The number of likely N-dealkylation sites (N-methyl/N-ethyl adjacent to an activating group) is 1. The Bertz CT molecular complexity index is 586. The second kappa shape index (κ2) is 7.19. The first-order valence-electron chi connectivity index (χ1n) is 6.53. The summed E-state index contributed by atoms with van der Waals surface area (Å²) in [5, 5.41) is 2.50. The zero-order valence-corrected chi connectivity index (χ0v) is 13.1. The van der Waals surface area contributed by atoms with Gasteiger partial charge in [0, 0.05) is 18.6 Å². The molecule has 0 spiro atoms. The predicted molar refractivity (Wildman–Crippen MR) is 82.8 cm³/mol. The minimum atomic E-state index is -0.537. The smallest absolute Gasteiger partial charge is 0.257 e. The molecular weight excluding hydrogens is 288 g/mol. The Morgan fingerprint density at radius 1 is 1.48 bits per heavy atom. The number of methoxy groups -OCH3 is 1. The summed E-state index contributed by atoms with van der Waals surface area (Å²) in [7, 11) is 3.32. The molecule has 0 bridgehead atoms. The number of carbonyl (C=O) groups excluding carboxylic acids is 1. The quantitative estimate of drug-likeness (QED) is 0.823. The number of thiazole rings is 1. The van der Waals surface area contributed by atoms with E-state index in [-0.39, 0.29) is 5.91 Å². The topological polar surface area (TPSA) is 51.7 Å². The van der Waals surface area contributed by atoms with Crippen molar-refractivity contribution in [2.75, 3.05) is 19.1 Å². The number of hydrogen-bond donors (Lipinski definition) is 0. The monoisotopic (exact) mass is 306 g/mol. The first-order chi connectivity index (χ1) is 10.1. The van der Waals surface area contributed by atoms with Gasteiger partial charge in [0.15, 0.2) is 5.13 Å². The molecule has 2 rings (SSSR count). The summed E-state index contributed by atoms with van der Waals surface area (Å²) in [6.45, 7) is 2.10. The van der Waals surface area contributed by atoms with Crippen LogP contribution in [0.1, 0.15) is 12.5 Å². The van der Waals surface area contributed by atoms with Crippen molar-refractivity contribution < 1.29 is 14.3 Å². The lowest BCUT2D eigenvalue weighted by Crippen LogP contribution is -2.36. The number of aromatic nitrogens is 1. The van der Waals surface area contributed by atoms with E-state index in [0.29, 0.717) is 11.7 Å². The molecule has 0 radical (unpaired) electrons. The maximum Gasteiger partial charge on any atom is 0.257 e. The van der Waals surface area contributed by atoms with Crippen molar-refractivity contribution in [1.29, 1.82) is 0 Å². The molecule has 1 atom stereocenters. The van der Waals surface area contributed by atoms with Gasteiger partial charge in [0.25, 0.3) is 5.91 Å². The first-order valence-corrected chi connectivity index (χ1v) is 7.41. The van der Waals surface area contributed by atoms with Gasteiger partial charge in [-0.3, -0.25) is 9.69 Å². The second-order valence-electron chi connectivity index (χ2n) is 4.52. The molecule has 112 valence electrons. The highest BCUT2D eigenvalue weighted by Crippen LogP contribution is 2.18. The maximum atomic E-state index is 12.2. The minimum Gasteiger partial charge on any atom is -0.497 e. The van der Waals surface area contributed by atoms with Crippen LogP contribution in [0.4, 0.5) is 5.13 Å². The van der Waals surface area contributed by atoms with E-state index in [1.807, 2.05) is 29.6 Å². The van der Waals surface area contributed by atoms with Crippen LogP contribution in [0.15, 0.2) is 35.8 Å². The lowest BCUT2D eigenvalue weighted by molar-refractivity contribution is -0.129. The fourth-order valence-corrected chi connectivity index (χ4v) is 2.42. The zero-order valence-electron chi connectivity index (χ0n) is 12.3. The van der Waals surface area contributed by atoms with E-state index in [1.54, 1.807) is 27.3 Å². The molecule has 0 saturated heterocycles. The number of anilines is 1. The van der Waals surface area contributed by atoms with Gasteiger partial charge >= 0.3 is 0 Å². The van der Waals surface area contributed by atoms with Gasteiger partial charge in [0.05, 0.1) is 13.7 Å². The molecule has 1 aromatic heterocycles. The van der Waals surface area contributed by atoms with Crippen LogP contribution in [0, 0.1) is 0 Å². The van der Waals surface area contributed by atoms with Crippen LogP contribution < -0.4 is 9.64 Å². The van der Waals surface area contributed by atoms with Gasteiger partial charge in [-0.1, -0.05) is 12.1 Å². The Balaban J connectivity index is 1.91. The Labute approximate surface area is 128 Å². The van der Waals surface area contributed by atoms with Crippen molar-refractivity contribution in [2.45, 2.75) is 19.6 Å². The van der Waals surface area contributed by atoms with E-state index >= 15 is 0 Å². The summed E-state index contributed by atoms with van der Waals surface area (Å²) in [5.74, 6) is 0.655. The molecule has 0 N–H and O–H groups in total. The Morgan fingerprint density at radius 2 is 2.29 bits per heavy atom. The lowest BCUT2D eigenvalue weighted by atomic mass is 10.2. The summed E-state index contributed by atoms with van der Waals surface area (Å²) >= 11 is 1.42. The van der Waals surface area contributed by atoms with Crippen LogP contribution >= 0.6 is 11.3 Å². The molecule has 0 fully saturated rings. The third-order valence-corrected chi connectivity index (χ3v) is 3.87. The number of rotatable bonds is 6. The molecule has 1 unspecified atom stereocenters. The molecule has 0 aliphatic heterocycles. The van der Waals surface area contributed by atoms with Crippen LogP contribution in [0.5, 0.6) is 5.75 Å². The van der Waals surface area contributed by atoms with Crippen molar-refractivity contribution in [2.24, 2.45) is 0 Å². The van der Waals surface area contributed by atoms with Crippen LogP contribution in [0.3, 0.4) is 0 Å². The Morgan fingerprint density at radius 3 is 2.95 bits per heavy atom. The van der Waals surface area contributed by atoms with Gasteiger partial charge in [-0.2, -0.15) is 0 Å². The molecule has 2 aromatic rings. The van der Waals surface area contributed by atoms with Crippen molar-refractivity contribution in [3.8, 4) is 5.75 Å². The maximum absolute atomic E-state index is 12.2. The van der Waals surface area contributed by atoms with Crippen molar-refractivity contribution in [3.63, 3.8) is 0 Å². The van der Waals surface area contributed by atoms with E-state index in [0.717, 1.165) is 11.3 Å². The number of carbonyl (C=O) groups is 1. The summed E-state index contributed by atoms with van der Waals surface area (Å²) < 4.78 is 10.8. The molecule has 21 heavy (non-hydrogen) atoms. The van der Waals surface area contributed by atoms with Crippen molar-refractivity contribution >= 4 is 22.4 Å². The molecule has 0 aliphatic carbocycles. The first kappa shape index (κ1) is 15.5. The van der Waals surface area contributed by atoms with E-state index in [1.165, 1.54) is 16.2 Å². The fourth-order valence-electron chi connectivity index (χ4n) is 1.80. The summed E-state index contributed by atoms with van der Waals surface area (Å²) in [6.07, 6.45) is 1.14. The Kier molecular flexibility index (Phi) is 5.30. The molecule has 1 amide bonds. The zero-order chi connectivity index (χ0) is 15.2. The third kappa shape index (κ3) is 4.03. The number of hydrogen-bond acceptors (Lipinski definition) is 5. The average molecular weight is 306 g/mol. The fraction of sp³-hybridized carbons (Fsp3) is 0.333. The molecule has 5 nitrogen and oxygen atoms in total. The van der Waals surface area contributed by atoms with Gasteiger partial charge in [-0.25, -0.2) is 4.98 Å². The lowest BCUT2D eigenvalue weighted by Gasteiger charge is -2.19. The van der Waals surface area contributed by atoms with E-state index < -0.39 is 6.10 Å². The predicted octanol–water partition coefficient (Wildman–Crippen LogP) is 2.72. The second-order valence-corrected chi connectivity index (χ2v) is 5.39. The van der Waals surface area contributed by atoms with Gasteiger partial charge < -0.3 is 9.47 Å². The third-order valence-electron chi connectivity index (χ3n) is 3.02. The highest BCUT2D eigenvalue weighted by atomic mass is 32.1. The van der Waals surface area contributed by atoms with Crippen LogP contribution in [-0.2, 0) is 16.1 Å². The highest BCUT2D eigenvalue weighted by Gasteiger charge is 2.20. The molecule has 0 aliphatic rings. The van der Waals surface area contributed by atoms with Crippen molar-refractivity contribution in [3.05, 3.63) is 41.4 Å². The summed E-state index contributed by atoms with van der Waals surface area (Å²) in [5.41, 5.74) is 0.964. The average Bonchev–Trinajstić information content (AvgIpc) is 3.05. The van der Waals surface area contributed by atoms with Crippen LogP contribution in [0.2, 0.25) is 0 Å². The van der Waals surface area contributed by atoms with Gasteiger partial charge in [-0.15, -0.1) is 11.3 Å². The van der Waals surface area contributed by atoms with E-state index in [4.69, 9.17) is 9.47 Å². The molecule has 6 heteroatoms. The molecule has 0 saturated carbocycles. The SMILES string of the molecule is COc1cccc(COC(C)C(=O)N(C)c2nccs2)c1. The molecular formula is C15H18N2O3S. The van der Waals surface area contributed by atoms with Gasteiger partial charge in [0.2, 0.25) is 0 Å². The molecule has 1 aromatic carbocycles. The normalized spacial score (nSPS) is 12.0. The number of ether oxygens (including phenoxy) is 2. The minimum absolute atomic E-state index is 0.118. The van der Waals surface area contributed by atoms with Gasteiger partial charge in [0.1, 0.15) is 11.9 Å². The largest absolute Gasteiger partial charge is 0.497 e. The summed E-state index contributed by atoms with van der Waals surface area (Å²) in [4.78, 5) is 17.9. The van der Waals surface area contributed by atoms with E-state index in [9.17, 15) is 4.79 Å². The van der Waals surface area contributed by atoms with Crippen LogP contribution in [0.25, 0.3) is 0 Å². The standard InChI is InChI=1S/C15H18N2O3S/c1-11(14(18)17(2)15-16-7-8-21-15)20-10-12-5-4-6-13(9-12)19-3/h4-9,11H,10H2,1-3H3. The van der Waals surface area contributed by atoms with Gasteiger partial charge in [-0.05, 0) is 24.6 Å². The van der Waals surface area contributed by atoms with Crippen LogP contribution in [-0.4, -0.2) is 31.2 Å². The number of benzene rings is 1. The number of amides is 1. The summed E-state index contributed by atoms with van der Waals surface area (Å²) in [6, 6.07) is 7.59. The van der Waals surface area contributed by atoms with Crippen molar-refractivity contribution in [1.82, 2.24) is 4.98 Å². The molecule has 1 heterocycles. The Hall–Kier alpha value is -1.92. The van der Waals surface area contributed by atoms with E-state index in [2.05, 4.69) is 4.98 Å². The number of nitrogens with zero attached hydrogens (tertiary/aromatic N) is 2. The highest BCUT2D eigenvalue weighted by molar-refractivity contribution is 7.13.